The summed E-state index contributed by atoms with van der Waals surface area (Å²) in [6.45, 7) is 6.72. The summed E-state index contributed by atoms with van der Waals surface area (Å²) in [6.07, 6.45) is -3.25. The van der Waals surface area contributed by atoms with E-state index in [-0.39, 0.29) is 11.9 Å². The van der Waals surface area contributed by atoms with Gasteiger partial charge >= 0.3 is 6.18 Å². The molecule has 2 aromatic rings. The van der Waals surface area contributed by atoms with Crippen LogP contribution < -0.4 is 19.9 Å². The normalized spacial score (nSPS) is 20.1. The Hall–Kier alpha value is -2.90. The van der Waals surface area contributed by atoms with Crippen molar-refractivity contribution in [2.45, 2.75) is 38.9 Å². The smallest absolute Gasteiger partial charge is 0.416 e. The van der Waals surface area contributed by atoms with Gasteiger partial charge in [-0.1, -0.05) is 13.8 Å². The van der Waals surface area contributed by atoms with Crippen LogP contribution in [0.5, 0.6) is 5.75 Å². The zero-order valence-corrected chi connectivity index (χ0v) is 19.9. The van der Waals surface area contributed by atoms with Gasteiger partial charge in [-0.15, -0.1) is 0 Å². The minimum atomic E-state index is -4.41. The highest BCUT2D eigenvalue weighted by Gasteiger charge is 2.42. The fourth-order valence-corrected chi connectivity index (χ4v) is 4.94. The first kappa shape index (κ1) is 24.2. The number of ether oxygens (including phenoxy) is 1. The van der Waals surface area contributed by atoms with E-state index in [1.807, 2.05) is 24.3 Å². The lowest BCUT2D eigenvalue weighted by atomic mass is 9.82. The fourth-order valence-electron chi connectivity index (χ4n) is 4.94. The van der Waals surface area contributed by atoms with Crippen LogP contribution >= 0.6 is 0 Å². The van der Waals surface area contributed by atoms with Crippen LogP contribution in [0.15, 0.2) is 42.5 Å². The number of carbonyl (C=O) groups is 1. The molecule has 2 aliphatic heterocycles. The number of fused-ring (bicyclic) bond motifs is 3. The Morgan fingerprint density at radius 1 is 1.15 bits per heavy atom. The number of nitrogens with one attached hydrogen (secondary N) is 1. The molecular formula is C26H32F3N3O2. The van der Waals surface area contributed by atoms with Crippen molar-refractivity contribution >= 4 is 17.3 Å². The lowest BCUT2D eigenvalue weighted by molar-refractivity contribution is -0.137. The predicted molar refractivity (Wildman–Crippen MR) is 127 cm³/mol. The van der Waals surface area contributed by atoms with Crippen LogP contribution in [-0.2, 0) is 17.4 Å². The molecular weight excluding hydrogens is 443 g/mol. The van der Waals surface area contributed by atoms with E-state index in [0.29, 0.717) is 44.1 Å². The van der Waals surface area contributed by atoms with Gasteiger partial charge in [0.1, 0.15) is 5.75 Å². The minimum absolute atomic E-state index is 0.0877. The average molecular weight is 476 g/mol. The van der Waals surface area contributed by atoms with Crippen molar-refractivity contribution < 1.29 is 22.7 Å². The number of carbonyl (C=O) groups excluding carboxylic acids is 1. The number of hydrogen-bond donors (Lipinski definition) is 1. The maximum absolute atomic E-state index is 13.4. The van der Waals surface area contributed by atoms with E-state index in [2.05, 4.69) is 29.0 Å². The molecule has 0 spiro atoms. The molecule has 184 valence electrons. The number of methoxy groups -OCH3 is 1. The molecule has 0 aromatic heterocycles. The number of rotatable bonds is 6. The Morgan fingerprint density at radius 3 is 2.53 bits per heavy atom. The fraction of sp³-hybridized carbons (Fsp3) is 0.500. The third kappa shape index (κ3) is 5.10. The SMILES string of the molecule is COc1ccc(N2CCN3c4ccc(C(F)(F)F)cc4C[C@@H](C(=O)NCCC(C)C)[C@@H]3C2)cc1. The van der Waals surface area contributed by atoms with Crippen molar-refractivity contribution in [1.82, 2.24) is 5.32 Å². The molecule has 0 bridgehead atoms. The first-order valence-electron chi connectivity index (χ1n) is 11.8. The molecule has 34 heavy (non-hydrogen) atoms. The number of amides is 1. The van der Waals surface area contributed by atoms with Gasteiger partial charge in [0.2, 0.25) is 5.91 Å². The minimum Gasteiger partial charge on any atom is -0.497 e. The zero-order chi connectivity index (χ0) is 24.5. The van der Waals surface area contributed by atoms with Crippen molar-refractivity contribution in [1.29, 1.82) is 0 Å². The summed E-state index contributed by atoms with van der Waals surface area (Å²) in [7, 11) is 1.62. The molecule has 2 aliphatic rings. The van der Waals surface area contributed by atoms with Gasteiger partial charge in [-0.25, -0.2) is 0 Å². The molecule has 2 aromatic carbocycles. The summed E-state index contributed by atoms with van der Waals surface area (Å²) >= 11 is 0. The lowest BCUT2D eigenvalue weighted by Gasteiger charge is -2.49. The van der Waals surface area contributed by atoms with Gasteiger partial charge in [-0.2, -0.15) is 13.2 Å². The Balaban J connectivity index is 1.62. The standard InChI is InChI=1S/C26H32F3N3O2/c1-17(2)10-11-30-25(33)22-15-18-14-19(26(27,28)29)4-9-23(18)32-13-12-31(16-24(22)32)20-5-7-21(34-3)8-6-20/h4-9,14,17,22,24H,10-13,15-16H2,1-3H3,(H,30,33)/t22-,24+/m1/s1. The maximum Gasteiger partial charge on any atom is 0.416 e. The molecule has 1 amide bonds. The highest BCUT2D eigenvalue weighted by atomic mass is 19.4. The van der Waals surface area contributed by atoms with Crippen LogP contribution in [-0.4, -0.2) is 45.2 Å². The summed E-state index contributed by atoms with van der Waals surface area (Å²) in [5.41, 5.74) is 1.77. The van der Waals surface area contributed by atoms with E-state index in [0.717, 1.165) is 29.6 Å². The predicted octanol–water partition coefficient (Wildman–Crippen LogP) is 4.74. The summed E-state index contributed by atoms with van der Waals surface area (Å²) in [6, 6.07) is 11.6. The molecule has 4 rings (SSSR count). The molecule has 1 N–H and O–H groups in total. The number of alkyl halides is 3. The summed E-state index contributed by atoms with van der Waals surface area (Å²) in [5, 5.41) is 3.04. The van der Waals surface area contributed by atoms with Gasteiger partial charge < -0.3 is 19.9 Å². The highest BCUT2D eigenvalue weighted by molar-refractivity contribution is 5.82. The monoisotopic (exact) mass is 475 g/mol. The van der Waals surface area contributed by atoms with E-state index in [1.54, 1.807) is 13.2 Å². The van der Waals surface area contributed by atoms with Gasteiger partial charge in [0.25, 0.3) is 0 Å². The van der Waals surface area contributed by atoms with E-state index in [9.17, 15) is 18.0 Å². The van der Waals surface area contributed by atoms with Crippen LogP contribution in [0.4, 0.5) is 24.5 Å². The number of hydrogen-bond acceptors (Lipinski definition) is 4. The molecule has 0 unspecified atom stereocenters. The first-order chi connectivity index (χ1) is 16.2. The van der Waals surface area contributed by atoms with Gasteiger partial charge in [0, 0.05) is 37.6 Å². The molecule has 0 aliphatic carbocycles. The summed E-state index contributed by atoms with van der Waals surface area (Å²) < 4.78 is 45.4. The zero-order valence-electron chi connectivity index (χ0n) is 19.9. The van der Waals surface area contributed by atoms with Crippen molar-refractivity contribution in [3.63, 3.8) is 0 Å². The van der Waals surface area contributed by atoms with Crippen molar-refractivity contribution in [2.75, 3.05) is 43.1 Å². The van der Waals surface area contributed by atoms with Crippen molar-refractivity contribution in [2.24, 2.45) is 11.8 Å². The molecule has 0 saturated carbocycles. The summed E-state index contributed by atoms with van der Waals surface area (Å²) in [4.78, 5) is 17.6. The van der Waals surface area contributed by atoms with Crippen LogP contribution in [0.2, 0.25) is 0 Å². The highest BCUT2D eigenvalue weighted by Crippen LogP contribution is 2.40. The molecule has 2 atom stereocenters. The van der Waals surface area contributed by atoms with Crippen LogP contribution in [0.1, 0.15) is 31.4 Å². The van der Waals surface area contributed by atoms with Crippen molar-refractivity contribution in [3.8, 4) is 5.75 Å². The molecule has 5 nitrogen and oxygen atoms in total. The summed E-state index contributed by atoms with van der Waals surface area (Å²) in [5.74, 6) is 0.717. The second kappa shape index (κ2) is 9.76. The Labute approximate surface area is 198 Å². The Kier molecular flexibility index (Phi) is 6.96. The van der Waals surface area contributed by atoms with Crippen LogP contribution in [0, 0.1) is 11.8 Å². The second-order valence-corrected chi connectivity index (χ2v) is 9.53. The van der Waals surface area contributed by atoms with E-state index < -0.39 is 17.7 Å². The van der Waals surface area contributed by atoms with Crippen LogP contribution in [0.3, 0.4) is 0 Å². The van der Waals surface area contributed by atoms with Gasteiger partial charge in [0.15, 0.2) is 0 Å². The quantitative estimate of drug-likeness (QED) is 0.655. The largest absolute Gasteiger partial charge is 0.497 e. The Morgan fingerprint density at radius 2 is 1.88 bits per heavy atom. The molecule has 1 saturated heterocycles. The first-order valence-corrected chi connectivity index (χ1v) is 11.8. The van der Waals surface area contributed by atoms with E-state index >= 15 is 0 Å². The van der Waals surface area contributed by atoms with E-state index in [4.69, 9.17) is 4.74 Å². The van der Waals surface area contributed by atoms with Gasteiger partial charge in [-0.05, 0) is 66.8 Å². The number of anilines is 2. The third-order valence-corrected chi connectivity index (χ3v) is 6.83. The number of nitrogens with zero attached hydrogens (tertiary/aromatic N) is 2. The van der Waals surface area contributed by atoms with Crippen molar-refractivity contribution in [3.05, 3.63) is 53.6 Å². The number of piperazine rings is 1. The topological polar surface area (TPSA) is 44.8 Å². The molecule has 2 heterocycles. The van der Waals surface area contributed by atoms with Crippen LogP contribution in [0.25, 0.3) is 0 Å². The maximum atomic E-state index is 13.4. The molecule has 1 fully saturated rings. The number of benzene rings is 2. The Bertz CT molecular complexity index is 1010. The number of halogens is 3. The lowest BCUT2D eigenvalue weighted by Crippen LogP contribution is -2.61. The third-order valence-electron chi connectivity index (χ3n) is 6.83. The van der Waals surface area contributed by atoms with E-state index in [1.165, 1.54) is 6.07 Å². The average Bonchev–Trinajstić information content (AvgIpc) is 2.82. The molecule has 8 heteroatoms. The van der Waals surface area contributed by atoms with Gasteiger partial charge in [-0.3, -0.25) is 4.79 Å². The second-order valence-electron chi connectivity index (χ2n) is 9.53. The van der Waals surface area contributed by atoms with Gasteiger partial charge in [0.05, 0.1) is 24.6 Å². The molecule has 0 radical (unpaired) electrons.